The summed E-state index contributed by atoms with van der Waals surface area (Å²) < 4.78 is 1.52. The number of hydrogen-bond donors (Lipinski definition) is 1. The fourth-order valence-electron chi connectivity index (χ4n) is 2.12. The van der Waals surface area contributed by atoms with Gasteiger partial charge in [-0.25, -0.2) is 0 Å². The molecule has 1 aliphatic rings. The van der Waals surface area contributed by atoms with Gasteiger partial charge in [-0.2, -0.15) is 0 Å². The van der Waals surface area contributed by atoms with E-state index in [-0.39, 0.29) is 0 Å². The molecular weight excluding hydrogens is 386 g/mol. The lowest BCUT2D eigenvalue weighted by molar-refractivity contribution is -0.138. The van der Waals surface area contributed by atoms with Crippen LogP contribution in [0.3, 0.4) is 0 Å². The number of carbonyl (C=O) groups is 1. The van der Waals surface area contributed by atoms with Crippen LogP contribution in [0, 0.1) is 6.92 Å². The standard InChI is InChI=1S/C14H16BrN3O2S2/c1-7-6-9(21-10(7)8-4-5-8)18-12(15)16-17-13(18)22-14(2,3)11(19)20/h6,8H,4-5H2,1-3H3,(H,19,20). The molecule has 0 saturated heterocycles. The number of aliphatic carboxylic acids is 1. The molecule has 8 heteroatoms. The summed E-state index contributed by atoms with van der Waals surface area (Å²) in [6.45, 7) is 5.46. The molecule has 1 fully saturated rings. The summed E-state index contributed by atoms with van der Waals surface area (Å²) in [5, 5.41) is 19.1. The van der Waals surface area contributed by atoms with Crippen LogP contribution in [-0.4, -0.2) is 30.6 Å². The summed E-state index contributed by atoms with van der Waals surface area (Å²) >= 11 is 6.36. The average molecular weight is 402 g/mol. The summed E-state index contributed by atoms with van der Waals surface area (Å²) in [6.07, 6.45) is 2.52. The van der Waals surface area contributed by atoms with Crippen LogP contribution in [0.2, 0.25) is 0 Å². The van der Waals surface area contributed by atoms with Crippen molar-refractivity contribution in [2.75, 3.05) is 0 Å². The highest BCUT2D eigenvalue weighted by Crippen LogP contribution is 2.47. The first kappa shape index (κ1) is 16.0. The average Bonchev–Trinajstić information content (AvgIpc) is 3.11. The molecule has 2 aromatic rings. The van der Waals surface area contributed by atoms with Crippen molar-refractivity contribution in [3.05, 3.63) is 21.2 Å². The van der Waals surface area contributed by atoms with Gasteiger partial charge in [0.25, 0.3) is 0 Å². The number of thiophene rings is 1. The summed E-state index contributed by atoms with van der Waals surface area (Å²) in [7, 11) is 0. The number of thioether (sulfide) groups is 1. The number of halogens is 1. The highest BCUT2D eigenvalue weighted by atomic mass is 79.9. The maximum absolute atomic E-state index is 11.3. The fraction of sp³-hybridized carbons (Fsp3) is 0.500. The minimum Gasteiger partial charge on any atom is -0.480 e. The van der Waals surface area contributed by atoms with Crippen molar-refractivity contribution in [1.82, 2.24) is 14.8 Å². The van der Waals surface area contributed by atoms with Gasteiger partial charge in [-0.1, -0.05) is 11.8 Å². The zero-order valence-electron chi connectivity index (χ0n) is 12.5. The number of aryl methyl sites for hydroxylation is 1. The van der Waals surface area contributed by atoms with Crippen molar-refractivity contribution in [3.63, 3.8) is 0 Å². The molecule has 0 aromatic carbocycles. The van der Waals surface area contributed by atoms with Crippen LogP contribution < -0.4 is 0 Å². The van der Waals surface area contributed by atoms with Crippen LogP contribution in [0.5, 0.6) is 0 Å². The van der Waals surface area contributed by atoms with Gasteiger partial charge in [0.05, 0.1) is 0 Å². The van der Waals surface area contributed by atoms with Gasteiger partial charge < -0.3 is 5.11 Å². The van der Waals surface area contributed by atoms with E-state index in [2.05, 4.69) is 39.1 Å². The molecule has 3 rings (SSSR count). The number of carboxylic acids is 1. The monoisotopic (exact) mass is 401 g/mol. The molecular formula is C14H16BrN3O2S2. The van der Waals surface area contributed by atoms with Gasteiger partial charge >= 0.3 is 5.97 Å². The number of rotatable bonds is 5. The zero-order chi connectivity index (χ0) is 16.1. The van der Waals surface area contributed by atoms with Gasteiger partial charge in [0.1, 0.15) is 9.75 Å². The van der Waals surface area contributed by atoms with Crippen LogP contribution in [0.1, 0.15) is 43.0 Å². The van der Waals surface area contributed by atoms with Gasteiger partial charge in [-0.3, -0.25) is 9.36 Å². The fourth-order valence-corrected chi connectivity index (χ4v) is 5.10. The Morgan fingerprint density at radius 3 is 2.77 bits per heavy atom. The zero-order valence-corrected chi connectivity index (χ0v) is 15.7. The maximum atomic E-state index is 11.3. The first-order valence-electron chi connectivity index (χ1n) is 6.93. The third kappa shape index (κ3) is 2.96. The molecule has 5 nitrogen and oxygen atoms in total. The highest BCUT2D eigenvalue weighted by Gasteiger charge is 2.33. The first-order chi connectivity index (χ1) is 10.3. The topological polar surface area (TPSA) is 68.0 Å². The van der Waals surface area contributed by atoms with Gasteiger partial charge in [0, 0.05) is 4.88 Å². The van der Waals surface area contributed by atoms with E-state index >= 15 is 0 Å². The predicted octanol–water partition coefficient (Wildman–Crippen LogP) is 4.23. The van der Waals surface area contributed by atoms with Crippen molar-refractivity contribution < 1.29 is 9.90 Å². The molecule has 118 valence electrons. The van der Waals surface area contributed by atoms with Gasteiger partial charge in [0.15, 0.2) is 5.16 Å². The van der Waals surface area contributed by atoms with Crippen molar-refractivity contribution in [3.8, 4) is 5.00 Å². The molecule has 2 heterocycles. The molecule has 0 unspecified atom stereocenters. The van der Waals surface area contributed by atoms with Crippen molar-refractivity contribution in [2.45, 2.75) is 49.4 Å². The SMILES string of the molecule is Cc1cc(-n2c(Br)nnc2SC(C)(C)C(=O)O)sc1C1CC1. The third-order valence-electron chi connectivity index (χ3n) is 3.57. The summed E-state index contributed by atoms with van der Waals surface area (Å²) in [4.78, 5) is 12.8. The quantitative estimate of drug-likeness (QED) is 0.758. The van der Waals surface area contributed by atoms with Crippen molar-refractivity contribution in [2.24, 2.45) is 0 Å². The molecule has 1 aliphatic carbocycles. The Bertz CT molecular complexity index is 735. The lowest BCUT2D eigenvalue weighted by Crippen LogP contribution is -2.27. The molecule has 1 N–H and O–H groups in total. The summed E-state index contributed by atoms with van der Waals surface area (Å²) in [5.41, 5.74) is 1.29. The lowest BCUT2D eigenvalue weighted by Gasteiger charge is -2.17. The Balaban J connectivity index is 1.99. The minimum absolute atomic E-state index is 0.586. The largest absolute Gasteiger partial charge is 0.480 e. The second-order valence-corrected chi connectivity index (χ2v) is 9.27. The van der Waals surface area contributed by atoms with Crippen molar-refractivity contribution in [1.29, 1.82) is 0 Å². The Morgan fingerprint density at radius 1 is 1.50 bits per heavy atom. The van der Waals surface area contributed by atoms with Crippen LogP contribution in [0.4, 0.5) is 0 Å². The Morgan fingerprint density at radius 2 is 2.18 bits per heavy atom. The second-order valence-electron chi connectivity index (χ2n) is 5.91. The van der Waals surface area contributed by atoms with E-state index in [1.54, 1.807) is 25.2 Å². The van der Waals surface area contributed by atoms with Crippen molar-refractivity contribution >= 4 is 45.0 Å². The van der Waals surface area contributed by atoms with E-state index in [4.69, 9.17) is 0 Å². The summed E-state index contributed by atoms with van der Waals surface area (Å²) in [5.74, 6) is -0.176. The number of aromatic nitrogens is 3. The molecule has 22 heavy (non-hydrogen) atoms. The molecule has 0 atom stereocenters. The molecule has 0 aliphatic heterocycles. The third-order valence-corrected chi connectivity index (χ3v) is 6.60. The minimum atomic E-state index is -0.962. The van der Waals surface area contributed by atoms with Crippen LogP contribution in [-0.2, 0) is 4.79 Å². The van der Waals surface area contributed by atoms with Gasteiger partial charge in [0.2, 0.25) is 4.73 Å². The number of carboxylic acid groups (broad SMARTS) is 1. The smallest absolute Gasteiger partial charge is 0.319 e. The summed E-state index contributed by atoms with van der Waals surface area (Å²) in [6, 6.07) is 2.13. The van der Waals surface area contributed by atoms with Gasteiger partial charge in [-0.15, -0.1) is 21.5 Å². The van der Waals surface area contributed by atoms with E-state index in [1.807, 2.05) is 4.57 Å². The number of nitrogens with zero attached hydrogens (tertiary/aromatic N) is 3. The molecule has 0 amide bonds. The Labute approximate surface area is 145 Å². The molecule has 1 saturated carbocycles. The predicted molar refractivity (Wildman–Crippen MR) is 91.2 cm³/mol. The van der Waals surface area contributed by atoms with E-state index in [0.717, 1.165) is 5.00 Å². The molecule has 0 radical (unpaired) electrons. The second kappa shape index (κ2) is 5.65. The highest BCUT2D eigenvalue weighted by molar-refractivity contribution is 9.10. The maximum Gasteiger partial charge on any atom is 0.319 e. The first-order valence-corrected chi connectivity index (χ1v) is 9.36. The van der Waals surface area contributed by atoms with Crippen LogP contribution in [0.15, 0.2) is 16.0 Å². The Kier molecular flexibility index (Phi) is 4.11. The van der Waals surface area contributed by atoms with E-state index < -0.39 is 10.7 Å². The Hall–Kier alpha value is -0.860. The normalized spacial score (nSPS) is 15.3. The van der Waals surface area contributed by atoms with E-state index in [9.17, 15) is 9.90 Å². The van der Waals surface area contributed by atoms with Gasteiger partial charge in [-0.05, 0) is 67.1 Å². The molecule has 0 spiro atoms. The molecule has 2 aromatic heterocycles. The van der Waals surface area contributed by atoms with E-state index in [1.165, 1.54) is 35.0 Å². The number of hydrogen-bond acceptors (Lipinski definition) is 5. The van der Waals surface area contributed by atoms with E-state index in [0.29, 0.717) is 15.8 Å². The molecule has 0 bridgehead atoms. The lowest BCUT2D eigenvalue weighted by atomic mass is 10.2. The van der Waals surface area contributed by atoms with Crippen LogP contribution >= 0.6 is 39.0 Å². The van der Waals surface area contributed by atoms with Crippen LogP contribution in [0.25, 0.3) is 5.00 Å².